The summed E-state index contributed by atoms with van der Waals surface area (Å²) in [5.41, 5.74) is 1.54. The van der Waals surface area contributed by atoms with Gasteiger partial charge >= 0.3 is 0 Å². The predicted octanol–water partition coefficient (Wildman–Crippen LogP) is 3.87. The molecule has 1 spiro atoms. The minimum Gasteiger partial charge on any atom is -0.339 e. The SMILES string of the molecule is CSc1cc(C(=O)N2CCC3(CC2)CN(C(=O)c2cc(F)cc4cccnc24)C3)ccn1. The Morgan fingerprint density at radius 1 is 1.00 bits per heavy atom. The lowest BCUT2D eigenvalue weighted by atomic mass is 9.71. The van der Waals surface area contributed by atoms with Crippen molar-refractivity contribution in [1.82, 2.24) is 19.8 Å². The minimum atomic E-state index is -0.434. The number of hydrogen-bond acceptors (Lipinski definition) is 5. The van der Waals surface area contributed by atoms with E-state index in [0.717, 1.165) is 17.9 Å². The summed E-state index contributed by atoms with van der Waals surface area (Å²) >= 11 is 1.51. The van der Waals surface area contributed by atoms with Crippen LogP contribution < -0.4 is 0 Å². The number of pyridine rings is 2. The highest BCUT2D eigenvalue weighted by Gasteiger charge is 2.47. The number of hydrogen-bond donors (Lipinski definition) is 0. The predicted molar refractivity (Wildman–Crippen MR) is 121 cm³/mol. The number of carbonyl (C=O) groups is 2. The van der Waals surface area contributed by atoms with E-state index in [1.165, 1.54) is 23.9 Å². The lowest BCUT2D eigenvalue weighted by Crippen LogP contribution is -2.62. The Morgan fingerprint density at radius 3 is 2.53 bits per heavy atom. The Labute approximate surface area is 189 Å². The van der Waals surface area contributed by atoms with E-state index in [-0.39, 0.29) is 17.2 Å². The second-order valence-corrected chi connectivity index (χ2v) is 9.40. The number of benzene rings is 1. The molecule has 2 amide bonds. The Hall–Kier alpha value is -3.00. The van der Waals surface area contributed by atoms with Crippen LogP contribution in [0.2, 0.25) is 0 Å². The van der Waals surface area contributed by atoms with E-state index in [2.05, 4.69) is 9.97 Å². The standard InChI is InChI=1S/C24H23FN4O2S/c1-32-20-12-17(4-8-26-20)22(30)28-9-5-24(6-10-28)14-29(15-24)23(31)19-13-18(25)11-16-3-2-7-27-21(16)19/h2-4,7-8,11-13H,5-6,9-10,14-15H2,1H3. The first-order valence-electron chi connectivity index (χ1n) is 10.6. The van der Waals surface area contributed by atoms with Gasteiger partial charge in [-0.2, -0.15) is 0 Å². The fraction of sp³-hybridized carbons (Fsp3) is 0.333. The molecule has 0 unspecified atom stereocenters. The lowest BCUT2D eigenvalue weighted by Gasteiger charge is -2.54. The Bertz CT molecular complexity index is 1200. The van der Waals surface area contributed by atoms with Crippen LogP contribution in [-0.2, 0) is 0 Å². The smallest absolute Gasteiger partial charge is 0.256 e. The summed E-state index contributed by atoms with van der Waals surface area (Å²) in [6.07, 6.45) is 6.93. The molecule has 3 aromatic rings. The van der Waals surface area contributed by atoms with Gasteiger partial charge in [0.25, 0.3) is 11.8 Å². The van der Waals surface area contributed by atoms with Crippen LogP contribution in [0.15, 0.2) is 53.8 Å². The van der Waals surface area contributed by atoms with Crippen molar-refractivity contribution in [3.63, 3.8) is 0 Å². The highest BCUT2D eigenvalue weighted by molar-refractivity contribution is 7.98. The molecule has 6 nitrogen and oxygen atoms in total. The number of halogens is 1. The van der Waals surface area contributed by atoms with Crippen molar-refractivity contribution < 1.29 is 14.0 Å². The monoisotopic (exact) mass is 450 g/mol. The average Bonchev–Trinajstić information content (AvgIpc) is 2.81. The number of aromatic nitrogens is 2. The van der Waals surface area contributed by atoms with Gasteiger partial charge < -0.3 is 9.80 Å². The topological polar surface area (TPSA) is 66.4 Å². The number of rotatable bonds is 3. The third-order valence-electron chi connectivity index (χ3n) is 6.54. The molecule has 0 bridgehead atoms. The van der Waals surface area contributed by atoms with Gasteiger partial charge in [0.2, 0.25) is 0 Å². The maximum Gasteiger partial charge on any atom is 0.256 e. The van der Waals surface area contributed by atoms with Gasteiger partial charge in [0.1, 0.15) is 5.82 Å². The summed E-state index contributed by atoms with van der Waals surface area (Å²) in [6.45, 7) is 2.60. The molecule has 2 fully saturated rings. The van der Waals surface area contributed by atoms with Gasteiger partial charge in [-0.3, -0.25) is 14.6 Å². The van der Waals surface area contributed by atoms with E-state index < -0.39 is 5.82 Å². The van der Waals surface area contributed by atoms with Gasteiger partial charge in [-0.25, -0.2) is 9.37 Å². The molecule has 8 heteroatoms. The molecule has 0 N–H and O–H groups in total. The van der Waals surface area contributed by atoms with Crippen molar-refractivity contribution in [3.05, 3.63) is 65.7 Å². The number of nitrogens with zero attached hydrogens (tertiary/aromatic N) is 4. The largest absolute Gasteiger partial charge is 0.339 e. The molecule has 0 aliphatic carbocycles. The molecule has 0 atom stereocenters. The van der Waals surface area contributed by atoms with Gasteiger partial charge in [-0.1, -0.05) is 6.07 Å². The number of amides is 2. The zero-order valence-electron chi connectivity index (χ0n) is 17.8. The molecule has 2 aliphatic rings. The van der Waals surface area contributed by atoms with Crippen LogP contribution in [0.5, 0.6) is 0 Å². The third kappa shape index (κ3) is 3.72. The van der Waals surface area contributed by atoms with Crippen LogP contribution in [0.4, 0.5) is 4.39 Å². The average molecular weight is 451 g/mol. The maximum absolute atomic E-state index is 14.1. The lowest BCUT2D eigenvalue weighted by molar-refractivity contribution is -0.0287. The molecular formula is C24H23FN4O2S. The van der Waals surface area contributed by atoms with E-state index in [4.69, 9.17) is 0 Å². The van der Waals surface area contributed by atoms with Crippen LogP contribution >= 0.6 is 11.8 Å². The van der Waals surface area contributed by atoms with E-state index >= 15 is 0 Å². The van der Waals surface area contributed by atoms with E-state index in [1.807, 2.05) is 17.2 Å². The molecule has 32 heavy (non-hydrogen) atoms. The number of piperidine rings is 1. The Morgan fingerprint density at radius 2 is 1.78 bits per heavy atom. The molecule has 2 aliphatic heterocycles. The highest BCUT2D eigenvalue weighted by Crippen LogP contribution is 2.41. The summed E-state index contributed by atoms with van der Waals surface area (Å²) in [5, 5.41) is 1.45. The molecular weight excluding hydrogens is 427 g/mol. The van der Waals surface area contributed by atoms with Gasteiger partial charge in [0.15, 0.2) is 0 Å². The second-order valence-electron chi connectivity index (χ2n) is 8.57. The molecule has 1 aromatic carbocycles. The Kier molecular flexibility index (Phi) is 5.33. The quantitative estimate of drug-likeness (QED) is 0.567. The maximum atomic E-state index is 14.1. The van der Waals surface area contributed by atoms with E-state index in [0.29, 0.717) is 48.2 Å². The highest BCUT2D eigenvalue weighted by atomic mass is 32.2. The molecule has 2 saturated heterocycles. The normalized spacial score (nSPS) is 17.4. The molecule has 0 radical (unpaired) electrons. The van der Waals surface area contributed by atoms with Crippen molar-refractivity contribution in [3.8, 4) is 0 Å². The first-order valence-corrected chi connectivity index (χ1v) is 11.8. The van der Waals surface area contributed by atoms with Gasteiger partial charge in [0.05, 0.1) is 16.1 Å². The van der Waals surface area contributed by atoms with Crippen molar-refractivity contribution in [2.24, 2.45) is 5.41 Å². The zero-order valence-corrected chi connectivity index (χ0v) is 18.6. The van der Waals surface area contributed by atoms with Crippen molar-refractivity contribution >= 4 is 34.5 Å². The first-order chi connectivity index (χ1) is 15.5. The summed E-state index contributed by atoms with van der Waals surface area (Å²) in [5.74, 6) is -0.586. The van der Waals surface area contributed by atoms with Gasteiger partial charge in [-0.15, -0.1) is 11.8 Å². The van der Waals surface area contributed by atoms with Crippen molar-refractivity contribution in [2.45, 2.75) is 17.9 Å². The van der Waals surface area contributed by atoms with Crippen LogP contribution in [-0.4, -0.2) is 64.0 Å². The molecule has 2 aromatic heterocycles. The summed E-state index contributed by atoms with van der Waals surface area (Å²) in [4.78, 5) is 38.2. The number of thioether (sulfide) groups is 1. The molecule has 0 saturated carbocycles. The van der Waals surface area contributed by atoms with Gasteiger partial charge in [-0.05, 0) is 49.4 Å². The number of likely N-dealkylation sites (tertiary alicyclic amines) is 2. The molecule has 5 rings (SSSR count). The number of fused-ring (bicyclic) bond motifs is 1. The van der Waals surface area contributed by atoms with Crippen LogP contribution in [0.1, 0.15) is 33.6 Å². The first kappa shape index (κ1) is 20.9. The van der Waals surface area contributed by atoms with E-state index in [9.17, 15) is 14.0 Å². The number of carbonyl (C=O) groups excluding carboxylic acids is 2. The van der Waals surface area contributed by atoms with Crippen LogP contribution in [0, 0.1) is 11.2 Å². The Balaban J connectivity index is 1.24. The minimum absolute atomic E-state index is 0.0297. The zero-order chi connectivity index (χ0) is 22.3. The van der Waals surface area contributed by atoms with Gasteiger partial charge in [0, 0.05) is 54.9 Å². The summed E-state index contributed by atoms with van der Waals surface area (Å²) < 4.78 is 14.1. The fourth-order valence-electron chi connectivity index (χ4n) is 4.73. The molecule has 164 valence electrons. The fourth-order valence-corrected chi connectivity index (χ4v) is 5.14. The van der Waals surface area contributed by atoms with E-state index in [1.54, 1.807) is 35.5 Å². The summed E-state index contributed by atoms with van der Waals surface area (Å²) in [7, 11) is 0. The van der Waals surface area contributed by atoms with Crippen molar-refractivity contribution in [2.75, 3.05) is 32.4 Å². The summed E-state index contributed by atoms with van der Waals surface area (Å²) in [6, 6.07) is 9.76. The third-order valence-corrected chi connectivity index (χ3v) is 7.18. The van der Waals surface area contributed by atoms with Crippen molar-refractivity contribution in [1.29, 1.82) is 0 Å². The van der Waals surface area contributed by atoms with Crippen LogP contribution in [0.25, 0.3) is 10.9 Å². The second kappa shape index (κ2) is 8.16. The molecule has 4 heterocycles. The van der Waals surface area contributed by atoms with Crippen LogP contribution in [0.3, 0.4) is 0 Å².